The standard InChI is InChI=1S/C11H10ClFN4O/c12-9-5-8(3-4-10(9)13)18-6-11-14-15-16-17(11)7-1-2-7/h3-5,7H,1-2,6H2. The number of aromatic nitrogens is 4. The molecule has 1 aromatic heterocycles. The molecule has 1 aliphatic rings. The normalized spacial score (nSPS) is 14.8. The highest BCUT2D eigenvalue weighted by Crippen LogP contribution is 2.34. The van der Waals surface area contributed by atoms with Gasteiger partial charge in [0.1, 0.15) is 18.2 Å². The topological polar surface area (TPSA) is 52.8 Å². The van der Waals surface area contributed by atoms with Gasteiger partial charge in [-0.15, -0.1) is 5.10 Å². The summed E-state index contributed by atoms with van der Waals surface area (Å²) in [7, 11) is 0. The molecule has 0 spiro atoms. The average molecular weight is 269 g/mol. The maximum atomic E-state index is 13.0. The molecule has 0 aliphatic heterocycles. The third kappa shape index (κ3) is 2.28. The smallest absolute Gasteiger partial charge is 0.189 e. The van der Waals surface area contributed by atoms with Crippen molar-refractivity contribution in [3.8, 4) is 5.75 Å². The SMILES string of the molecule is Fc1ccc(OCc2nnnn2C2CC2)cc1Cl. The maximum absolute atomic E-state index is 13.0. The van der Waals surface area contributed by atoms with E-state index in [-0.39, 0.29) is 11.6 Å². The van der Waals surface area contributed by atoms with Crippen molar-refractivity contribution in [1.82, 2.24) is 20.2 Å². The second-order valence-corrected chi connectivity index (χ2v) is 4.54. The van der Waals surface area contributed by atoms with E-state index < -0.39 is 5.82 Å². The first-order chi connectivity index (χ1) is 8.74. The number of halogens is 2. The lowest BCUT2D eigenvalue weighted by molar-refractivity contribution is 0.286. The van der Waals surface area contributed by atoms with Crippen LogP contribution < -0.4 is 4.74 Å². The van der Waals surface area contributed by atoms with Crippen molar-refractivity contribution in [2.75, 3.05) is 0 Å². The molecule has 1 saturated carbocycles. The first kappa shape index (κ1) is 11.4. The van der Waals surface area contributed by atoms with Crippen LogP contribution in [0.3, 0.4) is 0 Å². The molecular formula is C11H10ClFN4O. The predicted molar refractivity (Wildman–Crippen MR) is 61.8 cm³/mol. The highest BCUT2D eigenvalue weighted by Gasteiger charge is 2.27. The van der Waals surface area contributed by atoms with Gasteiger partial charge in [0.25, 0.3) is 0 Å². The molecule has 5 nitrogen and oxygen atoms in total. The van der Waals surface area contributed by atoms with E-state index in [1.54, 1.807) is 4.68 Å². The van der Waals surface area contributed by atoms with Crippen molar-refractivity contribution in [2.24, 2.45) is 0 Å². The number of tetrazole rings is 1. The molecule has 0 saturated heterocycles. The molecule has 7 heteroatoms. The van der Waals surface area contributed by atoms with E-state index >= 15 is 0 Å². The lowest BCUT2D eigenvalue weighted by Crippen LogP contribution is -2.07. The van der Waals surface area contributed by atoms with Crippen LogP contribution in [0.2, 0.25) is 5.02 Å². The van der Waals surface area contributed by atoms with Gasteiger partial charge in [-0.3, -0.25) is 0 Å². The summed E-state index contributed by atoms with van der Waals surface area (Å²) in [4.78, 5) is 0. The summed E-state index contributed by atoms with van der Waals surface area (Å²) in [5, 5.41) is 11.5. The minimum absolute atomic E-state index is 0.0364. The number of benzene rings is 1. The van der Waals surface area contributed by atoms with Crippen LogP contribution in [0.25, 0.3) is 0 Å². The largest absolute Gasteiger partial charge is 0.485 e. The van der Waals surface area contributed by atoms with Crippen molar-refractivity contribution >= 4 is 11.6 Å². The molecule has 1 fully saturated rings. The molecule has 0 bridgehead atoms. The molecule has 1 aliphatic carbocycles. The number of ether oxygens (including phenoxy) is 1. The van der Waals surface area contributed by atoms with Gasteiger partial charge in [-0.1, -0.05) is 11.6 Å². The summed E-state index contributed by atoms with van der Waals surface area (Å²) in [5.74, 6) is 0.691. The Morgan fingerprint density at radius 2 is 2.28 bits per heavy atom. The fourth-order valence-electron chi connectivity index (χ4n) is 1.62. The van der Waals surface area contributed by atoms with E-state index in [1.165, 1.54) is 18.2 Å². The molecular weight excluding hydrogens is 259 g/mol. The van der Waals surface area contributed by atoms with E-state index in [9.17, 15) is 4.39 Å². The van der Waals surface area contributed by atoms with Gasteiger partial charge in [-0.25, -0.2) is 9.07 Å². The first-order valence-electron chi connectivity index (χ1n) is 5.58. The third-order valence-electron chi connectivity index (χ3n) is 2.71. The van der Waals surface area contributed by atoms with Crippen molar-refractivity contribution < 1.29 is 9.13 Å². The Hall–Kier alpha value is -1.69. The molecule has 18 heavy (non-hydrogen) atoms. The zero-order valence-electron chi connectivity index (χ0n) is 9.38. The second-order valence-electron chi connectivity index (χ2n) is 4.14. The Balaban J connectivity index is 1.69. The zero-order chi connectivity index (χ0) is 12.5. The van der Waals surface area contributed by atoms with Gasteiger partial charge in [0.05, 0.1) is 11.1 Å². The van der Waals surface area contributed by atoms with E-state index in [4.69, 9.17) is 16.3 Å². The highest BCUT2D eigenvalue weighted by atomic mass is 35.5. The zero-order valence-corrected chi connectivity index (χ0v) is 10.1. The van der Waals surface area contributed by atoms with Crippen LogP contribution in [0, 0.1) is 5.82 Å². The quantitative estimate of drug-likeness (QED) is 0.854. The molecule has 0 atom stereocenters. The fraction of sp³-hybridized carbons (Fsp3) is 0.364. The minimum Gasteiger partial charge on any atom is -0.485 e. The number of nitrogens with zero attached hydrogens (tertiary/aromatic N) is 4. The van der Waals surface area contributed by atoms with Gasteiger partial charge in [0.2, 0.25) is 0 Å². The van der Waals surface area contributed by atoms with Crippen LogP contribution in [0.5, 0.6) is 5.75 Å². The molecule has 2 aromatic rings. The van der Waals surface area contributed by atoms with Crippen LogP contribution in [0.4, 0.5) is 4.39 Å². The fourth-order valence-corrected chi connectivity index (χ4v) is 1.80. The monoisotopic (exact) mass is 268 g/mol. The van der Waals surface area contributed by atoms with Gasteiger partial charge in [0, 0.05) is 6.07 Å². The predicted octanol–water partition coefficient (Wildman–Crippen LogP) is 2.38. The van der Waals surface area contributed by atoms with E-state index in [0.717, 1.165) is 12.8 Å². The van der Waals surface area contributed by atoms with Crippen LogP contribution in [0.1, 0.15) is 24.7 Å². The Morgan fingerprint density at radius 1 is 1.44 bits per heavy atom. The highest BCUT2D eigenvalue weighted by molar-refractivity contribution is 6.30. The Kier molecular flexibility index (Phi) is 2.87. The summed E-state index contributed by atoms with van der Waals surface area (Å²) >= 11 is 5.67. The Morgan fingerprint density at radius 3 is 3.00 bits per heavy atom. The van der Waals surface area contributed by atoms with E-state index in [0.29, 0.717) is 17.6 Å². The van der Waals surface area contributed by atoms with Crippen LogP contribution in [-0.2, 0) is 6.61 Å². The van der Waals surface area contributed by atoms with Gasteiger partial charge in [0.15, 0.2) is 5.82 Å². The van der Waals surface area contributed by atoms with Gasteiger partial charge in [-0.2, -0.15) is 0 Å². The van der Waals surface area contributed by atoms with Gasteiger partial charge in [-0.05, 0) is 35.4 Å². The van der Waals surface area contributed by atoms with Crippen molar-refractivity contribution in [3.05, 3.63) is 34.9 Å². The van der Waals surface area contributed by atoms with Crippen molar-refractivity contribution in [2.45, 2.75) is 25.5 Å². The molecule has 0 radical (unpaired) electrons. The average Bonchev–Trinajstić information content (AvgIpc) is 3.10. The Labute approximate surface area is 108 Å². The first-order valence-corrected chi connectivity index (χ1v) is 5.96. The summed E-state index contributed by atoms with van der Waals surface area (Å²) < 4.78 is 20.2. The summed E-state index contributed by atoms with van der Waals surface area (Å²) in [6.07, 6.45) is 2.20. The van der Waals surface area contributed by atoms with E-state index in [2.05, 4.69) is 15.5 Å². The summed E-state index contributed by atoms with van der Waals surface area (Å²) in [6.45, 7) is 0.242. The summed E-state index contributed by atoms with van der Waals surface area (Å²) in [6, 6.07) is 4.62. The molecule has 1 heterocycles. The molecule has 0 N–H and O–H groups in total. The van der Waals surface area contributed by atoms with Crippen LogP contribution in [-0.4, -0.2) is 20.2 Å². The number of hydrogen-bond donors (Lipinski definition) is 0. The molecule has 94 valence electrons. The lowest BCUT2D eigenvalue weighted by atomic mass is 10.3. The van der Waals surface area contributed by atoms with Gasteiger partial charge < -0.3 is 4.74 Å². The Bertz CT molecular complexity index is 570. The van der Waals surface area contributed by atoms with Crippen LogP contribution >= 0.6 is 11.6 Å². The maximum Gasteiger partial charge on any atom is 0.189 e. The minimum atomic E-state index is -0.466. The number of hydrogen-bond acceptors (Lipinski definition) is 4. The van der Waals surface area contributed by atoms with Crippen molar-refractivity contribution in [3.63, 3.8) is 0 Å². The van der Waals surface area contributed by atoms with Gasteiger partial charge >= 0.3 is 0 Å². The van der Waals surface area contributed by atoms with Crippen molar-refractivity contribution in [1.29, 1.82) is 0 Å². The third-order valence-corrected chi connectivity index (χ3v) is 3.00. The molecule has 3 rings (SSSR count). The number of rotatable bonds is 4. The molecule has 0 unspecified atom stereocenters. The van der Waals surface area contributed by atoms with E-state index in [1.807, 2.05) is 0 Å². The summed E-state index contributed by atoms with van der Waals surface area (Å²) in [5.41, 5.74) is 0. The van der Waals surface area contributed by atoms with Crippen LogP contribution in [0.15, 0.2) is 18.2 Å². The molecule has 0 amide bonds. The molecule has 1 aromatic carbocycles. The lowest BCUT2D eigenvalue weighted by Gasteiger charge is -2.06. The second kappa shape index (κ2) is 4.53.